The molecule has 0 aliphatic carbocycles. The van der Waals surface area contributed by atoms with Gasteiger partial charge in [0.05, 0.1) is 31.3 Å². The number of H-pyrrole nitrogens is 1. The Morgan fingerprint density at radius 2 is 1.86 bits per heavy atom. The summed E-state index contributed by atoms with van der Waals surface area (Å²) in [6, 6.07) is 22.1. The lowest BCUT2D eigenvalue weighted by Gasteiger charge is -2.05. The number of aromatic amines is 1. The molecule has 2 heterocycles. The molecule has 0 saturated carbocycles. The van der Waals surface area contributed by atoms with Crippen LogP contribution in [-0.4, -0.2) is 23.0 Å². The second-order valence-electron chi connectivity index (χ2n) is 6.12. The molecule has 5 nitrogen and oxygen atoms in total. The molecule has 0 saturated heterocycles. The highest BCUT2D eigenvalue weighted by atomic mass is 32.1. The second-order valence-corrected chi connectivity index (χ2v) is 6.95. The fourth-order valence-electron chi connectivity index (χ4n) is 2.77. The van der Waals surface area contributed by atoms with E-state index >= 15 is 0 Å². The van der Waals surface area contributed by atoms with Gasteiger partial charge in [-0.2, -0.15) is 5.10 Å². The number of hydrogen-bond acceptors (Lipinski definition) is 4. The van der Waals surface area contributed by atoms with Crippen LogP contribution in [0.3, 0.4) is 0 Å². The Kier molecular flexibility index (Phi) is 5.49. The van der Waals surface area contributed by atoms with E-state index in [0.717, 1.165) is 27.5 Å². The van der Waals surface area contributed by atoms with Crippen LogP contribution < -0.4 is 9.54 Å². The van der Waals surface area contributed by atoms with Gasteiger partial charge in [-0.05, 0) is 42.0 Å². The Bertz CT molecular complexity index is 1110. The molecule has 140 valence electrons. The van der Waals surface area contributed by atoms with Gasteiger partial charge < -0.3 is 9.72 Å². The van der Waals surface area contributed by atoms with Crippen molar-refractivity contribution in [2.45, 2.75) is 6.54 Å². The van der Waals surface area contributed by atoms with Crippen LogP contribution in [0.2, 0.25) is 0 Å². The van der Waals surface area contributed by atoms with Crippen molar-refractivity contribution in [3.63, 3.8) is 0 Å². The molecule has 0 atom stereocenters. The van der Waals surface area contributed by atoms with Crippen LogP contribution in [0, 0.1) is 0 Å². The maximum absolute atomic E-state index is 5.27. The molecule has 28 heavy (non-hydrogen) atoms. The average molecular weight is 388 g/mol. The van der Waals surface area contributed by atoms with Crippen molar-refractivity contribution >= 4 is 17.6 Å². The smallest absolute Gasteiger partial charge is 0.206 e. The minimum absolute atomic E-state index is 0.613. The van der Waals surface area contributed by atoms with E-state index < -0.39 is 0 Å². The molecule has 0 spiro atoms. The van der Waals surface area contributed by atoms with Crippen molar-refractivity contribution in [2.75, 3.05) is 7.11 Å². The highest BCUT2D eigenvalue weighted by molar-refractivity contribution is 7.07. The van der Waals surface area contributed by atoms with Crippen LogP contribution in [0.1, 0.15) is 11.3 Å². The third kappa shape index (κ3) is 4.13. The number of rotatable bonds is 6. The molecule has 0 bridgehead atoms. The van der Waals surface area contributed by atoms with E-state index in [-0.39, 0.29) is 0 Å². The van der Waals surface area contributed by atoms with Gasteiger partial charge in [0.15, 0.2) is 0 Å². The molecule has 4 rings (SSSR count). The zero-order chi connectivity index (χ0) is 19.2. The highest BCUT2D eigenvalue weighted by Gasteiger charge is 2.08. The zero-order valence-corrected chi connectivity index (χ0v) is 16.3. The van der Waals surface area contributed by atoms with Crippen LogP contribution in [0.5, 0.6) is 5.75 Å². The van der Waals surface area contributed by atoms with Crippen LogP contribution >= 0.6 is 11.3 Å². The summed E-state index contributed by atoms with van der Waals surface area (Å²) in [5.41, 5.74) is 4.15. The van der Waals surface area contributed by atoms with Gasteiger partial charge in [0.1, 0.15) is 5.75 Å². The van der Waals surface area contributed by atoms with Crippen molar-refractivity contribution < 1.29 is 4.74 Å². The first-order valence-corrected chi connectivity index (χ1v) is 9.78. The van der Waals surface area contributed by atoms with Gasteiger partial charge in [0.25, 0.3) is 0 Å². The van der Waals surface area contributed by atoms with Crippen molar-refractivity contribution in [1.82, 2.24) is 9.66 Å². The molecule has 0 aliphatic heterocycles. The molecule has 0 unspecified atom stereocenters. The molecular formula is C22H20N4OS. The predicted molar refractivity (Wildman–Crippen MR) is 114 cm³/mol. The van der Waals surface area contributed by atoms with Crippen LogP contribution in [0.4, 0.5) is 0 Å². The topological polar surface area (TPSA) is 54.7 Å². The Morgan fingerprint density at radius 1 is 1.04 bits per heavy atom. The van der Waals surface area contributed by atoms with Crippen molar-refractivity contribution in [3.05, 3.63) is 94.4 Å². The maximum Gasteiger partial charge on any atom is 0.206 e. The Morgan fingerprint density at radius 3 is 2.57 bits per heavy atom. The number of nitrogens with zero attached hydrogens (tertiary/aromatic N) is 3. The third-order valence-corrected chi connectivity index (χ3v) is 5.10. The summed E-state index contributed by atoms with van der Waals surface area (Å²) in [6.07, 6.45) is 3.69. The zero-order valence-electron chi connectivity index (χ0n) is 15.4. The molecule has 4 aromatic rings. The van der Waals surface area contributed by atoms with Gasteiger partial charge in [-0.3, -0.25) is 4.99 Å². The van der Waals surface area contributed by atoms with Crippen molar-refractivity contribution in [2.24, 2.45) is 10.1 Å². The minimum Gasteiger partial charge on any atom is -0.497 e. The summed E-state index contributed by atoms with van der Waals surface area (Å²) in [4.78, 5) is 8.78. The standard InChI is InChI=1S/C22H20N4OS/c1-27-20-11-9-18(10-12-20)21-16-28-22(24-14-17-6-3-2-4-7-17)26(21)25-15-19-8-5-13-23-19/h2-13,15-16,23H,14H2,1H3. The summed E-state index contributed by atoms with van der Waals surface area (Å²) in [5.74, 6) is 0.828. The summed E-state index contributed by atoms with van der Waals surface area (Å²) in [5, 5.41) is 6.77. The Balaban J connectivity index is 1.74. The van der Waals surface area contributed by atoms with Crippen molar-refractivity contribution in [1.29, 1.82) is 0 Å². The Labute approximate surface area is 167 Å². The van der Waals surface area contributed by atoms with Gasteiger partial charge in [0.2, 0.25) is 4.80 Å². The first-order valence-electron chi connectivity index (χ1n) is 8.90. The van der Waals surface area contributed by atoms with E-state index in [4.69, 9.17) is 9.73 Å². The van der Waals surface area contributed by atoms with Gasteiger partial charge in [-0.25, -0.2) is 4.68 Å². The number of ether oxygens (including phenoxy) is 1. The normalized spacial score (nSPS) is 12.0. The lowest BCUT2D eigenvalue weighted by Crippen LogP contribution is -2.12. The molecule has 0 amide bonds. The number of benzene rings is 2. The van der Waals surface area contributed by atoms with Crippen LogP contribution in [0.25, 0.3) is 11.3 Å². The van der Waals surface area contributed by atoms with E-state index in [1.807, 2.05) is 65.5 Å². The molecule has 0 aliphatic rings. The first-order chi connectivity index (χ1) is 13.8. The van der Waals surface area contributed by atoms with Crippen molar-refractivity contribution in [3.8, 4) is 17.0 Å². The molecule has 2 aromatic heterocycles. The minimum atomic E-state index is 0.613. The monoisotopic (exact) mass is 388 g/mol. The average Bonchev–Trinajstić information content (AvgIpc) is 3.41. The van der Waals surface area contributed by atoms with E-state index in [9.17, 15) is 0 Å². The summed E-state index contributed by atoms with van der Waals surface area (Å²) >= 11 is 1.58. The number of nitrogens with one attached hydrogen (secondary N) is 1. The SMILES string of the molecule is COc1ccc(-c2csc(=NCc3ccccc3)n2N=Cc2ccc[nH]2)cc1. The number of aromatic nitrogens is 2. The fourth-order valence-corrected chi connectivity index (χ4v) is 3.60. The van der Waals surface area contributed by atoms with E-state index in [1.54, 1.807) is 24.7 Å². The lowest BCUT2D eigenvalue weighted by molar-refractivity contribution is 0.415. The van der Waals surface area contributed by atoms with E-state index in [2.05, 4.69) is 27.6 Å². The summed E-state index contributed by atoms with van der Waals surface area (Å²) in [7, 11) is 1.67. The van der Waals surface area contributed by atoms with Crippen LogP contribution in [0.15, 0.2) is 88.4 Å². The third-order valence-electron chi connectivity index (χ3n) is 4.25. The largest absolute Gasteiger partial charge is 0.497 e. The summed E-state index contributed by atoms with van der Waals surface area (Å²) < 4.78 is 7.15. The number of thiazole rings is 1. The number of methoxy groups -OCH3 is 1. The molecule has 0 fully saturated rings. The maximum atomic E-state index is 5.27. The quantitative estimate of drug-likeness (QED) is 0.485. The Hall–Kier alpha value is -3.38. The van der Waals surface area contributed by atoms with Gasteiger partial charge in [-0.1, -0.05) is 30.3 Å². The predicted octanol–water partition coefficient (Wildman–Crippen LogP) is 4.54. The molecule has 6 heteroatoms. The molecule has 0 radical (unpaired) electrons. The molecule has 1 N–H and O–H groups in total. The van der Waals surface area contributed by atoms with E-state index in [1.165, 1.54) is 5.56 Å². The van der Waals surface area contributed by atoms with Gasteiger partial charge >= 0.3 is 0 Å². The number of hydrogen-bond donors (Lipinski definition) is 1. The lowest BCUT2D eigenvalue weighted by atomic mass is 10.2. The first kappa shape index (κ1) is 18.0. The van der Waals surface area contributed by atoms with Gasteiger partial charge in [0, 0.05) is 17.1 Å². The fraction of sp³-hybridized carbons (Fsp3) is 0.0909. The highest BCUT2D eigenvalue weighted by Crippen LogP contribution is 2.23. The van der Waals surface area contributed by atoms with Crippen LogP contribution in [-0.2, 0) is 6.54 Å². The van der Waals surface area contributed by atoms with Gasteiger partial charge in [-0.15, -0.1) is 11.3 Å². The summed E-state index contributed by atoms with van der Waals surface area (Å²) in [6.45, 7) is 0.613. The second kappa shape index (κ2) is 8.54. The molecule has 2 aromatic carbocycles. The molecular weight excluding hydrogens is 368 g/mol. The van der Waals surface area contributed by atoms with E-state index in [0.29, 0.717) is 6.54 Å².